The molecule has 1 aromatic rings. The molecule has 0 unspecified atom stereocenters. The van der Waals surface area contributed by atoms with Crippen LogP contribution >= 0.6 is 0 Å². The van der Waals surface area contributed by atoms with Gasteiger partial charge in [-0.1, -0.05) is 29.8 Å². The van der Waals surface area contributed by atoms with Gasteiger partial charge in [0.2, 0.25) is 5.91 Å². The van der Waals surface area contributed by atoms with Gasteiger partial charge in [-0.05, 0) is 6.92 Å². The molecule has 0 aliphatic heterocycles. The van der Waals surface area contributed by atoms with Crippen molar-refractivity contribution in [1.82, 2.24) is 10.6 Å². The SMILES string of the molecule is CC(=O)NCCNCC(=O)c1ccc(C)cc1. The molecular weight excluding hydrogens is 216 g/mol. The van der Waals surface area contributed by atoms with E-state index >= 15 is 0 Å². The van der Waals surface area contributed by atoms with Crippen molar-refractivity contribution in [3.8, 4) is 0 Å². The second kappa shape index (κ2) is 6.81. The van der Waals surface area contributed by atoms with Crippen molar-refractivity contribution in [1.29, 1.82) is 0 Å². The van der Waals surface area contributed by atoms with Crippen LogP contribution in [-0.4, -0.2) is 31.3 Å². The fourth-order valence-electron chi connectivity index (χ4n) is 1.37. The minimum Gasteiger partial charge on any atom is -0.355 e. The molecule has 0 heterocycles. The number of amides is 1. The first-order valence-corrected chi connectivity index (χ1v) is 5.64. The van der Waals surface area contributed by atoms with Crippen LogP contribution in [0.4, 0.5) is 0 Å². The molecule has 0 radical (unpaired) electrons. The van der Waals surface area contributed by atoms with Crippen molar-refractivity contribution in [2.45, 2.75) is 13.8 Å². The number of benzene rings is 1. The zero-order chi connectivity index (χ0) is 12.7. The summed E-state index contributed by atoms with van der Waals surface area (Å²) in [7, 11) is 0. The first kappa shape index (κ1) is 13.4. The third-order valence-corrected chi connectivity index (χ3v) is 2.33. The molecule has 0 aliphatic carbocycles. The zero-order valence-corrected chi connectivity index (χ0v) is 10.2. The van der Waals surface area contributed by atoms with Gasteiger partial charge >= 0.3 is 0 Å². The highest BCUT2D eigenvalue weighted by Crippen LogP contribution is 2.03. The number of nitrogens with one attached hydrogen (secondary N) is 2. The van der Waals surface area contributed by atoms with Crippen LogP contribution in [-0.2, 0) is 4.79 Å². The fourth-order valence-corrected chi connectivity index (χ4v) is 1.37. The Morgan fingerprint density at radius 3 is 2.35 bits per heavy atom. The number of hydrogen-bond donors (Lipinski definition) is 2. The zero-order valence-electron chi connectivity index (χ0n) is 10.2. The summed E-state index contributed by atoms with van der Waals surface area (Å²) in [4.78, 5) is 22.3. The molecule has 0 aliphatic rings. The van der Waals surface area contributed by atoms with Gasteiger partial charge in [0.05, 0.1) is 6.54 Å². The van der Waals surface area contributed by atoms with Crippen LogP contribution in [0.25, 0.3) is 0 Å². The van der Waals surface area contributed by atoms with E-state index in [1.165, 1.54) is 6.92 Å². The Hall–Kier alpha value is -1.68. The lowest BCUT2D eigenvalue weighted by Crippen LogP contribution is -2.32. The van der Waals surface area contributed by atoms with Crippen LogP contribution in [0.2, 0.25) is 0 Å². The summed E-state index contributed by atoms with van der Waals surface area (Å²) < 4.78 is 0. The molecule has 0 fully saturated rings. The average molecular weight is 234 g/mol. The predicted molar refractivity (Wildman–Crippen MR) is 67.1 cm³/mol. The monoisotopic (exact) mass is 234 g/mol. The second-order valence-electron chi connectivity index (χ2n) is 3.95. The molecule has 1 aromatic carbocycles. The van der Waals surface area contributed by atoms with Gasteiger partial charge in [-0.15, -0.1) is 0 Å². The number of carbonyl (C=O) groups excluding carboxylic acids is 2. The van der Waals surface area contributed by atoms with Crippen LogP contribution in [0.1, 0.15) is 22.8 Å². The maximum atomic E-state index is 11.7. The van der Waals surface area contributed by atoms with Crippen molar-refractivity contribution in [3.63, 3.8) is 0 Å². The quantitative estimate of drug-likeness (QED) is 0.568. The summed E-state index contributed by atoms with van der Waals surface area (Å²) >= 11 is 0. The Bertz CT molecular complexity index is 385. The topological polar surface area (TPSA) is 58.2 Å². The van der Waals surface area contributed by atoms with Crippen molar-refractivity contribution < 1.29 is 9.59 Å². The van der Waals surface area contributed by atoms with Gasteiger partial charge in [0.25, 0.3) is 0 Å². The standard InChI is InChI=1S/C13H18N2O2/c1-10-3-5-12(6-4-10)13(17)9-14-7-8-15-11(2)16/h3-6,14H,7-9H2,1-2H3,(H,15,16). The van der Waals surface area contributed by atoms with Crippen molar-refractivity contribution in [3.05, 3.63) is 35.4 Å². The number of carbonyl (C=O) groups is 2. The minimum atomic E-state index is -0.0586. The fraction of sp³-hybridized carbons (Fsp3) is 0.385. The number of aryl methyl sites for hydroxylation is 1. The minimum absolute atomic E-state index is 0.0586. The number of Topliss-reactive ketones (excluding diaryl/α,β-unsaturated/α-hetero) is 1. The summed E-state index contributed by atoms with van der Waals surface area (Å²) in [6.45, 7) is 4.88. The Kier molecular flexibility index (Phi) is 5.36. The predicted octanol–water partition coefficient (Wildman–Crippen LogP) is 0.903. The highest BCUT2D eigenvalue weighted by molar-refractivity contribution is 5.97. The molecule has 4 nitrogen and oxygen atoms in total. The van der Waals surface area contributed by atoms with E-state index in [9.17, 15) is 9.59 Å². The Morgan fingerprint density at radius 1 is 1.12 bits per heavy atom. The molecule has 0 spiro atoms. The Labute approximate surface area is 101 Å². The lowest BCUT2D eigenvalue weighted by Gasteiger charge is -2.05. The smallest absolute Gasteiger partial charge is 0.216 e. The molecule has 0 aromatic heterocycles. The summed E-state index contributed by atoms with van der Waals surface area (Å²) in [5.41, 5.74) is 1.85. The molecule has 17 heavy (non-hydrogen) atoms. The molecular formula is C13H18N2O2. The molecule has 2 N–H and O–H groups in total. The van der Waals surface area contributed by atoms with Gasteiger partial charge in [0, 0.05) is 25.6 Å². The van der Waals surface area contributed by atoms with Crippen LogP contribution in [0.3, 0.4) is 0 Å². The Balaban J connectivity index is 2.25. The second-order valence-corrected chi connectivity index (χ2v) is 3.95. The van der Waals surface area contributed by atoms with Crippen LogP contribution < -0.4 is 10.6 Å². The summed E-state index contributed by atoms with van der Waals surface area (Å²) in [5, 5.41) is 5.64. The molecule has 0 atom stereocenters. The molecule has 0 bridgehead atoms. The van der Waals surface area contributed by atoms with Gasteiger partial charge in [0.15, 0.2) is 5.78 Å². The van der Waals surface area contributed by atoms with Crippen molar-refractivity contribution >= 4 is 11.7 Å². The van der Waals surface area contributed by atoms with Crippen LogP contribution in [0.5, 0.6) is 0 Å². The molecule has 4 heteroatoms. The molecule has 0 saturated carbocycles. The maximum Gasteiger partial charge on any atom is 0.216 e. The van der Waals surface area contributed by atoms with Crippen molar-refractivity contribution in [2.75, 3.05) is 19.6 Å². The van der Waals surface area contributed by atoms with Crippen LogP contribution in [0, 0.1) is 6.92 Å². The maximum absolute atomic E-state index is 11.7. The van der Waals surface area contributed by atoms with Gasteiger partial charge in [-0.2, -0.15) is 0 Å². The normalized spacial score (nSPS) is 10.0. The van der Waals surface area contributed by atoms with Gasteiger partial charge < -0.3 is 10.6 Å². The summed E-state index contributed by atoms with van der Waals surface area (Å²) in [6.07, 6.45) is 0. The van der Waals surface area contributed by atoms with E-state index in [4.69, 9.17) is 0 Å². The lowest BCUT2D eigenvalue weighted by molar-refractivity contribution is -0.118. The van der Waals surface area contributed by atoms with Gasteiger partial charge in [-0.25, -0.2) is 0 Å². The Morgan fingerprint density at radius 2 is 1.76 bits per heavy atom. The number of rotatable bonds is 6. The molecule has 0 saturated heterocycles. The third kappa shape index (κ3) is 5.26. The number of hydrogen-bond acceptors (Lipinski definition) is 3. The summed E-state index contributed by atoms with van der Waals surface area (Å²) in [5.74, 6) is 0.00415. The number of ketones is 1. The van der Waals surface area contributed by atoms with Crippen LogP contribution in [0.15, 0.2) is 24.3 Å². The van der Waals surface area contributed by atoms with E-state index in [1.807, 2.05) is 31.2 Å². The van der Waals surface area contributed by atoms with Gasteiger partial charge in [-0.3, -0.25) is 9.59 Å². The first-order valence-electron chi connectivity index (χ1n) is 5.64. The lowest BCUT2D eigenvalue weighted by atomic mass is 10.1. The summed E-state index contributed by atoms with van der Waals surface area (Å²) in [6, 6.07) is 7.50. The van der Waals surface area contributed by atoms with Crippen molar-refractivity contribution in [2.24, 2.45) is 0 Å². The third-order valence-electron chi connectivity index (χ3n) is 2.33. The average Bonchev–Trinajstić information content (AvgIpc) is 2.29. The van der Waals surface area contributed by atoms with Gasteiger partial charge in [0.1, 0.15) is 0 Å². The molecule has 92 valence electrons. The van der Waals surface area contributed by atoms with E-state index in [0.717, 1.165) is 5.56 Å². The van der Waals surface area contributed by atoms with E-state index in [1.54, 1.807) is 0 Å². The highest BCUT2D eigenvalue weighted by Gasteiger charge is 2.04. The van der Waals surface area contributed by atoms with E-state index in [0.29, 0.717) is 25.2 Å². The van der Waals surface area contributed by atoms with E-state index in [-0.39, 0.29) is 11.7 Å². The molecule has 1 rings (SSSR count). The highest BCUT2D eigenvalue weighted by atomic mass is 16.1. The van der Waals surface area contributed by atoms with E-state index < -0.39 is 0 Å². The first-order chi connectivity index (χ1) is 8.09. The molecule has 1 amide bonds. The van der Waals surface area contributed by atoms with E-state index in [2.05, 4.69) is 10.6 Å². The largest absolute Gasteiger partial charge is 0.355 e.